The maximum Gasteiger partial charge on any atom is 0.160 e. The van der Waals surface area contributed by atoms with Gasteiger partial charge in [-0.15, -0.1) is 0 Å². The summed E-state index contributed by atoms with van der Waals surface area (Å²) in [4.78, 5) is 23.4. The molecule has 0 aliphatic rings. The smallest absolute Gasteiger partial charge is 0.160 e. The summed E-state index contributed by atoms with van der Waals surface area (Å²) in [5.74, 6) is 0.399. The van der Waals surface area contributed by atoms with E-state index in [0.717, 1.165) is 12.0 Å². The molecule has 0 aliphatic carbocycles. The molecule has 0 saturated heterocycles. The number of ether oxygens (including phenoxy) is 1. The molecular formula is C16H22O4. The standard InChI is InChI=1S/C16H22O4/c1-4-11(2)15(19)10-13(17)7-5-12-6-8-14(18)16(9-12)20-3/h6,8-9,11,18H,4-5,7,10H2,1-3H3. The Hall–Kier alpha value is -1.84. The van der Waals surface area contributed by atoms with E-state index >= 15 is 0 Å². The number of hydrogen-bond acceptors (Lipinski definition) is 4. The van der Waals surface area contributed by atoms with E-state index in [1.807, 2.05) is 13.8 Å². The summed E-state index contributed by atoms with van der Waals surface area (Å²) < 4.78 is 5.01. The highest BCUT2D eigenvalue weighted by atomic mass is 16.5. The number of rotatable bonds is 8. The Morgan fingerprint density at radius 1 is 1.35 bits per heavy atom. The van der Waals surface area contributed by atoms with Crippen LogP contribution in [-0.4, -0.2) is 23.8 Å². The van der Waals surface area contributed by atoms with Crippen molar-refractivity contribution in [1.82, 2.24) is 0 Å². The maximum atomic E-state index is 11.8. The Balaban J connectivity index is 2.51. The first kappa shape index (κ1) is 16.2. The van der Waals surface area contributed by atoms with Crippen LogP contribution in [0.25, 0.3) is 0 Å². The van der Waals surface area contributed by atoms with Gasteiger partial charge in [0.1, 0.15) is 11.6 Å². The van der Waals surface area contributed by atoms with Gasteiger partial charge in [-0.2, -0.15) is 0 Å². The Labute approximate surface area is 119 Å². The normalized spacial score (nSPS) is 11.9. The molecule has 0 radical (unpaired) electrons. The number of hydrogen-bond donors (Lipinski definition) is 1. The van der Waals surface area contributed by atoms with Gasteiger partial charge in [-0.05, 0) is 30.5 Å². The lowest BCUT2D eigenvalue weighted by Gasteiger charge is -2.08. The van der Waals surface area contributed by atoms with Crippen LogP contribution in [0.15, 0.2) is 18.2 Å². The minimum Gasteiger partial charge on any atom is -0.504 e. The molecule has 0 bridgehead atoms. The summed E-state index contributed by atoms with van der Waals surface area (Å²) in [6.45, 7) is 3.79. The van der Waals surface area contributed by atoms with Crippen LogP contribution in [0, 0.1) is 5.92 Å². The van der Waals surface area contributed by atoms with Crippen LogP contribution in [0.2, 0.25) is 0 Å². The highest BCUT2D eigenvalue weighted by Crippen LogP contribution is 2.26. The number of Topliss-reactive ketones (excluding diaryl/α,β-unsaturated/α-hetero) is 2. The molecule has 1 unspecified atom stereocenters. The van der Waals surface area contributed by atoms with Crippen LogP contribution in [0.4, 0.5) is 0 Å². The van der Waals surface area contributed by atoms with E-state index < -0.39 is 0 Å². The van der Waals surface area contributed by atoms with Gasteiger partial charge in [0.2, 0.25) is 0 Å². The van der Waals surface area contributed by atoms with Crippen LogP contribution in [0.1, 0.15) is 38.7 Å². The average Bonchev–Trinajstić information content (AvgIpc) is 2.45. The fraction of sp³-hybridized carbons (Fsp3) is 0.500. The number of phenolic OH excluding ortho intramolecular Hbond substituents is 1. The number of carbonyl (C=O) groups is 2. The van der Waals surface area contributed by atoms with Crippen LogP contribution < -0.4 is 4.74 Å². The van der Waals surface area contributed by atoms with E-state index in [9.17, 15) is 14.7 Å². The Morgan fingerprint density at radius 2 is 2.05 bits per heavy atom. The van der Waals surface area contributed by atoms with Gasteiger partial charge in [0.15, 0.2) is 11.5 Å². The second-order valence-corrected chi connectivity index (χ2v) is 5.00. The van der Waals surface area contributed by atoms with Crippen molar-refractivity contribution in [1.29, 1.82) is 0 Å². The Morgan fingerprint density at radius 3 is 2.65 bits per heavy atom. The third-order valence-electron chi connectivity index (χ3n) is 3.47. The summed E-state index contributed by atoms with van der Waals surface area (Å²) in [5.41, 5.74) is 0.906. The van der Waals surface area contributed by atoms with E-state index in [0.29, 0.717) is 18.6 Å². The van der Waals surface area contributed by atoms with Crippen molar-refractivity contribution in [3.05, 3.63) is 23.8 Å². The SMILES string of the molecule is CCC(C)C(=O)CC(=O)CCc1ccc(O)c(OC)c1. The average molecular weight is 278 g/mol. The molecule has 0 aliphatic heterocycles. The zero-order chi connectivity index (χ0) is 15.1. The third kappa shape index (κ3) is 4.68. The Bertz CT molecular complexity index is 479. The molecule has 110 valence electrons. The molecule has 1 atom stereocenters. The van der Waals surface area contributed by atoms with Crippen LogP contribution >= 0.6 is 0 Å². The van der Waals surface area contributed by atoms with E-state index in [4.69, 9.17) is 4.74 Å². The first-order valence-electron chi connectivity index (χ1n) is 6.88. The zero-order valence-corrected chi connectivity index (χ0v) is 12.3. The highest BCUT2D eigenvalue weighted by molar-refractivity contribution is 5.99. The van der Waals surface area contributed by atoms with Gasteiger partial charge in [-0.1, -0.05) is 19.9 Å². The van der Waals surface area contributed by atoms with Gasteiger partial charge in [0.05, 0.1) is 13.5 Å². The molecule has 0 amide bonds. The van der Waals surface area contributed by atoms with Crippen molar-refractivity contribution < 1.29 is 19.4 Å². The molecule has 4 nitrogen and oxygen atoms in total. The fourth-order valence-corrected chi connectivity index (χ4v) is 1.85. The predicted molar refractivity (Wildman–Crippen MR) is 77.1 cm³/mol. The Kier molecular flexibility index (Phi) is 6.22. The minimum absolute atomic E-state index is 0.0146. The summed E-state index contributed by atoms with van der Waals surface area (Å²) in [5, 5.41) is 9.48. The first-order chi connectivity index (χ1) is 9.47. The number of aromatic hydroxyl groups is 1. The second kappa shape index (κ2) is 7.68. The fourth-order valence-electron chi connectivity index (χ4n) is 1.85. The van der Waals surface area contributed by atoms with Gasteiger partial charge in [-0.25, -0.2) is 0 Å². The minimum atomic E-state index is -0.0484. The number of aryl methyl sites for hydroxylation is 1. The topological polar surface area (TPSA) is 63.6 Å². The molecule has 0 saturated carbocycles. The van der Waals surface area contributed by atoms with Gasteiger partial charge in [0, 0.05) is 12.3 Å². The molecule has 20 heavy (non-hydrogen) atoms. The van der Waals surface area contributed by atoms with Crippen molar-refractivity contribution in [3.63, 3.8) is 0 Å². The predicted octanol–water partition coefficient (Wildman–Crippen LogP) is 2.91. The van der Waals surface area contributed by atoms with Crippen molar-refractivity contribution in [2.75, 3.05) is 7.11 Å². The van der Waals surface area contributed by atoms with Crippen LogP contribution in [-0.2, 0) is 16.0 Å². The molecule has 1 rings (SSSR count). The molecule has 1 N–H and O–H groups in total. The van der Waals surface area contributed by atoms with Crippen LogP contribution in [0.5, 0.6) is 11.5 Å². The first-order valence-corrected chi connectivity index (χ1v) is 6.88. The number of phenols is 1. The molecule has 1 aromatic carbocycles. The maximum absolute atomic E-state index is 11.8. The number of benzene rings is 1. The van der Waals surface area contributed by atoms with Crippen molar-refractivity contribution in [2.45, 2.75) is 39.5 Å². The van der Waals surface area contributed by atoms with Gasteiger partial charge in [0.25, 0.3) is 0 Å². The monoisotopic (exact) mass is 278 g/mol. The molecule has 0 fully saturated rings. The summed E-state index contributed by atoms with van der Waals surface area (Å²) in [6, 6.07) is 5.00. The van der Waals surface area contributed by atoms with E-state index in [-0.39, 0.29) is 29.7 Å². The molecule has 1 aromatic rings. The zero-order valence-electron chi connectivity index (χ0n) is 12.3. The summed E-state index contributed by atoms with van der Waals surface area (Å²) in [7, 11) is 1.48. The molecule has 4 heteroatoms. The number of methoxy groups -OCH3 is 1. The molecule has 0 aromatic heterocycles. The van der Waals surface area contributed by atoms with E-state index in [1.165, 1.54) is 7.11 Å². The third-order valence-corrected chi connectivity index (χ3v) is 3.47. The van der Waals surface area contributed by atoms with Crippen molar-refractivity contribution in [2.24, 2.45) is 5.92 Å². The highest BCUT2D eigenvalue weighted by Gasteiger charge is 2.15. The molecular weight excluding hydrogens is 256 g/mol. The second-order valence-electron chi connectivity index (χ2n) is 5.00. The lowest BCUT2D eigenvalue weighted by Crippen LogP contribution is -2.15. The van der Waals surface area contributed by atoms with Gasteiger partial charge in [-0.3, -0.25) is 9.59 Å². The van der Waals surface area contributed by atoms with E-state index in [1.54, 1.807) is 18.2 Å². The lowest BCUT2D eigenvalue weighted by atomic mass is 9.97. The largest absolute Gasteiger partial charge is 0.504 e. The lowest BCUT2D eigenvalue weighted by molar-refractivity contribution is -0.129. The molecule has 0 heterocycles. The van der Waals surface area contributed by atoms with Crippen LogP contribution in [0.3, 0.4) is 0 Å². The van der Waals surface area contributed by atoms with Gasteiger partial charge < -0.3 is 9.84 Å². The summed E-state index contributed by atoms with van der Waals surface area (Å²) in [6.07, 6.45) is 1.66. The van der Waals surface area contributed by atoms with Crippen molar-refractivity contribution in [3.8, 4) is 11.5 Å². The van der Waals surface area contributed by atoms with Gasteiger partial charge >= 0.3 is 0 Å². The quantitative estimate of drug-likeness (QED) is 0.743. The van der Waals surface area contributed by atoms with Crippen molar-refractivity contribution >= 4 is 11.6 Å². The number of ketones is 2. The number of carbonyl (C=O) groups excluding carboxylic acids is 2. The summed E-state index contributed by atoms with van der Waals surface area (Å²) >= 11 is 0. The molecule has 0 spiro atoms. The van der Waals surface area contributed by atoms with E-state index in [2.05, 4.69) is 0 Å².